The lowest BCUT2D eigenvalue weighted by Gasteiger charge is -2.22. The van der Waals surface area contributed by atoms with E-state index in [1.54, 1.807) is 0 Å². The number of allylic oxidation sites excluding steroid dienone is 2. The van der Waals surface area contributed by atoms with Crippen LogP contribution < -0.4 is 0 Å². The average Bonchev–Trinajstić information content (AvgIpc) is 2.64. The summed E-state index contributed by atoms with van der Waals surface area (Å²) in [7, 11) is -1.81. The molecule has 0 radical (unpaired) electrons. The largest absolute Gasteiger partial charge is 0.412 e. The van der Waals surface area contributed by atoms with Gasteiger partial charge < -0.3 is 13.9 Å². The van der Waals surface area contributed by atoms with Gasteiger partial charge in [-0.25, -0.2) is 0 Å². The molecule has 1 atom stereocenters. The molecule has 0 spiro atoms. The van der Waals surface area contributed by atoms with E-state index in [4.69, 9.17) is 13.9 Å². The number of ether oxygens (including phenoxy) is 2. The molecule has 4 heteroatoms. The van der Waals surface area contributed by atoms with E-state index >= 15 is 0 Å². The fourth-order valence-corrected chi connectivity index (χ4v) is 4.22. The van der Waals surface area contributed by atoms with Gasteiger partial charge in [0.25, 0.3) is 0 Å². The fraction of sp³-hybridized carbons (Fsp3) is 0.647. The second-order valence-electron chi connectivity index (χ2n) is 6.08. The Bertz CT molecular complexity index is 450. The fourth-order valence-electron chi connectivity index (χ4n) is 2.41. The lowest BCUT2D eigenvalue weighted by atomic mass is 10.2. The molecule has 2 rings (SSSR count). The molecule has 1 fully saturated rings. The molecule has 2 aliphatic heterocycles. The summed E-state index contributed by atoms with van der Waals surface area (Å²) < 4.78 is 17.2. The van der Waals surface area contributed by atoms with Crippen LogP contribution >= 0.6 is 0 Å². The van der Waals surface area contributed by atoms with E-state index in [2.05, 4.69) is 37.6 Å². The van der Waals surface area contributed by atoms with Crippen molar-refractivity contribution in [2.24, 2.45) is 0 Å². The van der Waals surface area contributed by atoms with Crippen molar-refractivity contribution in [3.63, 3.8) is 0 Å². The molecule has 0 N–H and O–H groups in total. The van der Waals surface area contributed by atoms with Crippen LogP contribution in [-0.2, 0) is 13.9 Å². The maximum Gasteiger partial charge on any atom is 0.226 e. The summed E-state index contributed by atoms with van der Waals surface area (Å²) in [6, 6.07) is 0. The van der Waals surface area contributed by atoms with E-state index < -0.39 is 8.32 Å². The van der Waals surface area contributed by atoms with Gasteiger partial charge in [0.1, 0.15) is 0 Å². The lowest BCUT2D eigenvalue weighted by Crippen LogP contribution is -2.32. The summed E-state index contributed by atoms with van der Waals surface area (Å²) >= 11 is 0. The van der Waals surface area contributed by atoms with Crippen LogP contribution in [0.4, 0.5) is 0 Å². The summed E-state index contributed by atoms with van der Waals surface area (Å²) in [5.74, 6) is 6.40. The summed E-state index contributed by atoms with van der Waals surface area (Å²) in [6.07, 6.45) is 7.58. The molecule has 1 saturated heterocycles. The highest BCUT2D eigenvalue weighted by atomic mass is 28.4. The molecule has 3 nitrogen and oxygen atoms in total. The van der Waals surface area contributed by atoms with Crippen molar-refractivity contribution in [2.75, 3.05) is 19.8 Å². The van der Waals surface area contributed by atoms with E-state index in [9.17, 15) is 0 Å². The summed E-state index contributed by atoms with van der Waals surface area (Å²) in [5, 5.41) is 1.18. The first-order valence-electron chi connectivity index (χ1n) is 7.85. The standard InChI is InChI=1S/C17H26O3Si/c1-15(14-19-17-9-5-6-12-18-17)10-11-16-8-4-7-13-20-21(16,2)3/h8,17H,1,4-7,9,12-14H2,2-3H3. The van der Waals surface area contributed by atoms with Crippen LogP contribution in [0.3, 0.4) is 0 Å². The van der Waals surface area contributed by atoms with Crippen LogP contribution in [0, 0.1) is 11.8 Å². The molecule has 2 heterocycles. The summed E-state index contributed by atoms with van der Waals surface area (Å²) in [6.45, 7) is 10.5. The van der Waals surface area contributed by atoms with E-state index in [1.165, 1.54) is 11.6 Å². The van der Waals surface area contributed by atoms with Crippen LogP contribution in [0.1, 0.15) is 32.1 Å². The Morgan fingerprint density at radius 2 is 2.24 bits per heavy atom. The third-order valence-corrected chi connectivity index (χ3v) is 6.32. The van der Waals surface area contributed by atoms with Crippen LogP contribution in [0.5, 0.6) is 0 Å². The minimum atomic E-state index is -1.81. The van der Waals surface area contributed by atoms with Crippen molar-refractivity contribution in [1.29, 1.82) is 0 Å². The quantitative estimate of drug-likeness (QED) is 0.589. The van der Waals surface area contributed by atoms with E-state index in [0.717, 1.165) is 44.5 Å². The van der Waals surface area contributed by atoms with Gasteiger partial charge in [-0.1, -0.05) is 24.5 Å². The highest BCUT2D eigenvalue weighted by molar-refractivity contribution is 6.79. The Morgan fingerprint density at radius 1 is 1.38 bits per heavy atom. The second kappa shape index (κ2) is 7.95. The van der Waals surface area contributed by atoms with Gasteiger partial charge in [0.05, 0.1) is 6.61 Å². The Kier molecular flexibility index (Phi) is 6.25. The maximum atomic E-state index is 5.98. The van der Waals surface area contributed by atoms with E-state index in [-0.39, 0.29) is 6.29 Å². The molecule has 1 unspecified atom stereocenters. The predicted octanol–water partition coefficient (Wildman–Crippen LogP) is 3.57. The zero-order valence-electron chi connectivity index (χ0n) is 13.2. The number of hydrogen-bond donors (Lipinski definition) is 0. The molecule has 116 valence electrons. The second-order valence-corrected chi connectivity index (χ2v) is 9.93. The molecule has 0 bridgehead atoms. The van der Waals surface area contributed by atoms with Crippen LogP contribution in [0.25, 0.3) is 0 Å². The smallest absolute Gasteiger partial charge is 0.226 e. The summed E-state index contributed by atoms with van der Waals surface area (Å²) in [5.41, 5.74) is 0.805. The Morgan fingerprint density at radius 3 is 3.00 bits per heavy atom. The third kappa shape index (κ3) is 5.44. The molecule has 0 saturated carbocycles. The van der Waals surface area contributed by atoms with Crippen molar-refractivity contribution >= 4 is 8.32 Å². The van der Waals surface area contributed by atoms with Crippen molar-refractivity contribution in [1.82, 2.24) is 0 Å². The van der Waals surface area contributed by atoms with Crippen LogP contribution in [-0.4, -0.2) is 34.4 Å². The van der Waals surface area contributed by atoms with Gasteiger partial charge >= 0.3 is 0 Å². The third-order valence-electron chi connectivity index (χ3n) is 3.76. The van der Waals surface area contributed by atoms with E-state index in [0.29, 0.717) is 6.61 Å². The topological polar surface area (TPSA) is 27.7 Å². The molecule has 0 aromatic heterocycles. The van der Waals surface area contributed by atoms with Gasteiger partial charge in [-0.2, -0.15) is 0 Å². The molecule has 0 aromatic carbocycles. The highest BCUT2D eigenvalue weighted by Gasteiger charge is 2.28. The first-order chi connectivity index (χ1) is 10.1. The van der Waals surface area contributed by atoms with Crippen LogP contribution in [0.15, 0.2) is 23.4 Å². The van der Waals surface area contributed by atoms with Crippen molar-refractivity contribution in [3.8, 4) is 11.8 Å². The molecule has 0 aromatic rings. The minimum absolute atomic E-state index is 0.0801. The minimum Gasteiger partial charge on any atom is -0.412 e. The predicted molar refractivity (Wildman–Crippen MR) is 87.2 cm³/mol. The monoisotopic (exact) mass is 306 g/mol. The number of rotatable bonds is 3. The van der Waals surface area contributed by atoms with Crippen molar-refractivity contribution in [2.45, 2.75) is 51.5 Å². The van der Waals surface area contributed by atoms with Gasteiger partial charge in [0, 0.05) is 24.0 Å². The lowest BCUT2D eigenvalue weighted by molar-refractivity contribution is -0.156. The highest BCUT2D eigenvalue weighted by Crippen LogP contribution is 2.21. The Balaban J connectivity index is 1.85. The maximum absolute atomic E-state index is 5.98. The molecule has 21 heavy (non-hydrogen) atoms. The van der Waals surface area contributed by atoms with Crippen molar-refractivity contribution in [3.05, 3.63) is 23.4 Å². The van der Waals surface area contributed by atoms with Gasteiger partial charge in [-0.05, 0) is 45.2 Å². The van der Waals surface area contributed by atoms with Gasteiger partial charge in [0.15, 0.2) is 6.29 Å². The zero-order chi connectivity index (χ0) is 15.1. The first-order valence-corrected chi connectivity index (χ1v) is 10.8. The molecular formula is C17H26O3Si. The molecule has 0 aliphatic carbocycles. The normalized spacial score (nSPS) is 25.2. The Labute approximate surface area is 129 Å². The van der Waals surface area contributed by atoms with Gasteiger partial charge in [-0.3, -0.25) is 0 Å². The molecular weight excluding hydrogens is 280 g/mol. The molecule has 0 amide bonds. The average molecular weight is 306 g/mol. The molecule has 2 aliphatic rings. The van der Waals surface area contributed by atoms with Gasteiger partial charge in [-0.15, -0.1) is 0 Å². The zero-order valence-corrected chi connectivity index (χ0v) is 14.2. The van der Waals surface area contributed by atoms with Crippen LogP contribution in [0.2, 0.25) is 13.1 Å². The number of hydrogen-bond acceptors (Lipinski definition) is 3. The van der Waals surface area contributed by atoms with E-state index in [1.807, 2.05) is 0 Å². The summed E-state index contributed by atoms with van der Waals surface area (Å²) in [4.78, 5) is 0. The Hall–Kier alpha value is -0.863. The first kappa shape index (κ1) is 16.5. The SMILES string of the molecule is C=C(C#CC1=CCCCO[Si]1(C)C)COC1CCCCO1. The van der Waals surface area contributed by atoms with Gasteiger partial charge in [0.2, 0.25) is 8.32 Å². The van der Waals surface area contributed by atoms with Crippen molar-refractivity contribution < 1.29 is 13.9 Å².